The topological polar surface area (TPSA) is 68.2 Å². The van der Waals surface area contributed by atoms with Crippen LogP contribution < -0.4 is 4.74 Å². The Morgan fingerprint density at radius 2 is 2.00 bits per heavy atom. The van der Waals surface area contributed by atoms with Crippen LogP contribution >= 0.6 is 0 Å². The Balaban J connectivity index is 2.05. The Kier molecular flexibility index (Phi) is 7.46. The van der Waals surface area contributed by atoms with Gasteiger partial charge in [-0.15, -0.1) is 6.58 Å². The zero-order chi connectivity index (χ0) is 17.4. The fraction of sp³-hybridized carbons (Fsp3) is 0.474. The average molecular weight is 334 g/mol. The monoisotopic (exact) mass is 334 g/mol. The van der Waals surface area contributed by atoms with Crippen molar-refractivity contribution in [1.82, 2.24) is 0 Å². The van der Waals surface area contributed by atoms with Crippen molar-refractivity contribution in [2.24, 2.45) is 0 Å². The maximum Gasteiger partial charge on any atom is 0.118 e. The minimum absolute atomic E-state index is 0.101. The van der Waals surface area contributed by atoms with Crippen LogP contribution in [0.15, 0.2) is 49.1 Å². The van der Waals surface area contributed by atoms with Crippen LogP contribution in [0.4, 0.5) is 0 Å². The standard InChI is InChI=1S/C19H26O5/c1-3-17(21)19-18(7-5-4-6-16(12-20)24-19)23-13-14-8-10-15(22-2)11-9-14/h3-5,8-11,16-21H,1,6-7,12-13H2,2H3/b5-4-/t16-,17+,18-,19+/m0/s1. The van der Waals surface area contributed by atoms with Gasteiger partial charge in [-0.1, -0.05) is 30.4 Å². The summed E-state index contributed by atoms with van der Waals surface area (Å²) >= 11 is 0. The van der Waals surface area contributed by atoms with Crippen molar-refractivity contribution >= 4 is 0 Å². The summed E-state index contributed by atoms with van der Waals surface area (Å²) in [6.45, 7) is 3.93. The van der Waals surface area contributed by atoms with E-state index >= 15 is 0 Å². The summed E-state index contributed by atoms with van der Waals surface area (Å²) in [6, 6.07) is 7.64. The van der Waals surface area contributed by atoms with E-state index in [1.165, 1.54) is 6.08 Å². The third-order valence-electron chi connectivity index (χ3n) is 4.05. The van der Waals surface area contributed by atoms with Crippen LogP contribution in [0, 0.1) is 0 Å². The average Bonchev–Trinajstić information content (AvgIpc) is 2.61. The number of hydrogen-bond donors (Lipinski definition) is 2. The Morgan fingerprint density at radius 1 is 1.29 bits per heavy atom. The first-order valence-electron chi connectivity index (χ1n) is 8.14. The number of ether oxygens (including phenoxy) is 3. The molecule has 0 spiro atoms. The van der Waals surface area contributed by atoms with Crippen LogP contribution in [-0.2, 0) is 16.1 Å². The molecule has 0 aromatic heterocycles. The molecule has 0 amide bonds. The minimum Gasteiger partial charge on any atom is -0.497 e. The van der Waals surface area contributed by atoms with E-state index in [-0.39, 0.29) is 18.8 Å². The van der Waals surface area contributed by atoms with Gasteiger partial charge >= 0.3 is 0 Å². The van der Waals surface area contributed by atoms with Crippen molar-refractivity contribution < 1.29 is 24.4 Å². The van der Waals surface area contributed by atoms with E-state index in [1.807, 2.05) is 36.4 Å². The number of rotatable bonds is 7. The summed E-state index contributed by atoms with van der Waals surface area (Å²) in [7, 11) is 1.63. The zero-order valence-corrected chi connectivity index (χ0v) is 14.0. The van der Waals surface area contributed by atoms with Crippen LogP contribution in [-0.4, -0.2) is 48.3 Å². The quantitative estimate of drug-likeness (QED) is 0.749. The molecule has 0 saturated carbocycles. The molecule has 5 heteroatoms. The van der Waals surface area contributed by atoms with Gasteiger partial charge in [-0.25, -0.2) is 0 Å². The van der Waals surface area contributed by atoms with Gasteiger partial charge in [0, 0.05) is 0 Å². The second-order valence-electron chi connectivity index (χ2n) is 5.77. The molecule has 0 radical (unpaired) electrons. The van der Waals surface area contributed by atoms with E-state index in [0.717, 1.165) is 11.3 Å². The van der Waals surface area contributed by atoms with E-state index in [1.54, 1.807) is 7.11 Å². The van der Waals surface area contributed by atoms with Gasteiger partial charge in [0.2, 0.25) is 0 Å². The molecule has 1 aliphatic rings. The number of aliphatic hydroxyl groups excluding tert-OH is 2. The summed E-state index contributed by atoms with van der Waals surface area (Å²) in [6.07, 6.45) is 4.56. The highest BCUT2D eigenvalue weighted by atomic mass is 16.6. The van der Waals surface area contributed by atoms with Gasteiger partial charge in [-0.05, 0) is 30.5 Å². The van der Waals surface area contributed by atoms with Crippen molar-refractivity contribution in [2.45, 2.75) is 43.9 Å². The van der Waals surface area contributed by atoms with Crippen molar-refractivity contribution in [3.63, 3.8) is 0 Å². The second-order valence-corrected chi connectivity index (χ2v) is 5.77. The van der Waals surface area contributed by atoms with Gasteiger partial charge in [0.05, 0.1) is 32.5 Å². The van der Waals surface area contributed by atoms with E-state index in [9.17, 15) is 10.2 Å². The molecule has 24 heavy (non-hydrogen) atoms. The molecule has 2 rings (SSSR count). The predicted molar refractivity (Wildman–Crippen MR) is 91.9 cm³/mol. The smallest absolute Gasteiger partial charge is 0.118 e. The molecule has 0 fully saturated rings. The Hall–Kier alpha value is -1.66. The molecule has 5 nitrogen and oxygen atoms in total. The van der Waals surface area contributed by atoms with Gasteiger partial charge < -0.3 is 24.4 Å². The molecular formula is C19H26O5. The van der Waals surface area contributed by atoms with Crippen LogP contribution in [0.5, 0.6) is 5.75 Å². The molecule has 1 aromatic carbocycles. The van der Waals surface area contributed by atoms with Crippen LogP contribution in [0.25, 0.3) is 0 Å². The lowest BCUT2D eigenvalue weighted by molar-refractivity contribution is -0.147. The van der Waals surface area contributed by atoms with E-state index < -0.39 is 12.2 Å². The molecule has 1 aromatic rings. The highest BCUT2D eigenvalue weighted by Gasteiger charge is 2.31. The first-order valence-corrected chi connectivity index (χ1v) is 8.14. The van der Waals surface area contributed by atoms with Crippen LogP contribution in [0.2, 0.25) is 0 Å². The third-order valence-corrected chi connectivity index (χ3v) is 4.05. The molecule has 1 heterocycles. The van der Waals surface area contributed by atoms with Gasteiger partial charge in [-0.3, -0.25) is 0 Å². The first-order chi connectivity index (χ1) is 11.7. The predicted octanol–water partition coefficient (Wildman–Crippen LogP) is 2.22. The summed E-state index contributed by atoms with van der Waals surface area (Å²) in [5.41, 5.74) is 1.01. The summed E-state index contributed by atoms with van der Waals surface area (Å²) in [5.74, 6) is 0.793. The molecule has 2 N–H and O–H groups in total. The first kappa shape index (κ1) is 18.7. The zero-order valence-electron chi connectivity index (χ0n) is 14.0. The third kappa shape index (κ3) is 5.18. The SMILES string of the molecule is C=C[C@@H](O)[C@H]1O[C@H](CO)C/C=C\C[C@@H]1OCc1ccc(OC)cc1. The molecule has 1 aliphatic heterocycles. The minimum atomic E-state index is -0.855. The molecule has 4 atom stereocenters. The lowest BCUT2D eigenvalue weighted by atomic mass is 10.0. The number of methoxy groups -OCH3 is 1. The molecule has 0 saturated heterocycles. The van der Waals surface area contributed by atoms with Crippen molar-refractivity contribution in [3.05, 3.63) is 54.6 Å². The fourth-order valence-corrected chi connectivity index (χ4v) is 2.62. The Bertz CT molecular complexity index is 525. The van der Waals surface area contributed by atoms with Gasteiger partial charge in [0.1, 0.15) is 18.0 Å². The van der Waals surface area contributed by atoms with Crippen molar-refractivity contribution in [3.8, 4) is 5.75 Å². The number of hydrogen-bond acceptors (Lipinski definition) is 5. The largest absolute Gasteiger partial charge is 0.497 e. The Labute approximate surface area is 143 Å². The number of aliphatic hydroxyl groups is 2. The van der Waals surface area contributed by atoms with Crippen molar-refractivity contribution in [1.29, 1.82) is 0 Å². The van der Waals surface area contributed by atoms with Gasteiger partial charge in [0.15, 0.2) is 0 Å². The molecule has 0 unspecified atom stereocenters. The summed E-state index contributed by atoms with van der Waals surface area (Å²) in [5, 5.41) is 19.6. The molecule has 132 valence electrons. The summed E-state index contributed by atoms with van der Waals surface area (Å²) in [4.78, 5) is 0. The maximum atomic E-state index is 10.2. The van der Waals surface area contributed by atoms with Crippen molar-refractivity contribution in [2.75, 3.05) is 13.7 Å². The number of benzene rings is 1. The van der Waals surface area contributed by atoms with Gasteiger partial charge in [-0.2, -0.15) is 0 Å². The van der Waals surface area contributed by atoms with E-state index in [0.29, 0.717) is 19.4 Å². The summed E-state index contributed by atoms with van der Waals surface area (Å²) < 4.78 is 17.0. The maximum absolute atomic E-state index is 10.2. The lowest BCUT2D eigenvalue weighted by Crippen LogP contribution is -2.44. The molecular weight excluding hydrogens is 308 g/mol. The van der Waals surface area contributed by atoms with Crippen LogP contribution in [0.1, 0.15) is 18.4 Å². The van der Waals surface area contributed by atoms with E-state index in [4.69, 9.17) is 14.2 Å². The molecule has 0 aliphatic carbocycles. The lowest BCUT2D eigenvalue weighted by Gasteiger charge is -2.33. The second kappa shape index (κ2) is 9.59. The van der Waals surface area contributed by atoms with Crippen LogP contribution in [0.3, 0.4) is 0 Å². The van der Waals surface area contributed by atoms with Gasteiger partial charge in [0.25, 0.3) is 0 Å². The fourth-order valence-electron chi connectivity index (χ4n) is 2.62. The normalized spacial score (nSPS) is 26.9. The highest BCUT2D eigenvalue weighted by Crippen LogP contribution is 2.22. The highest BCUT2D eigenvalue weighted by molar-refractivity contribution is 5.26. The van der Waals surface area contributed by atoms with E-state index in [2.05, 4.69) is 6.58 Å². The molecule has 0 bridgehead atoms. The Morgan fingerprint density at radius 3 is 2.62 bits per heavy atom.